The minimum Gasteiger partial charge on any atom is -0.493 e. The number of nitrogens with two attached hydrogens (primary N) is 1. The number of rotatable bonds is 3. The SMILES string of the molecule is COc1cccc(-c2nc(N)[nH]c(=O)c2I)c1OC. The van der Waals surface area contributed by atoms with E-state index in [4.69, 9.17) is 15.2 Å². The number of methoxy groups -OCH3 is 2. The van der Waals surface area contributed by atoms with Crippen molar-refractivity contribution in [1.29, 1.82) is 0 Å². The molecule has 0 atom stereocenters. The predicted molar refractivity (Wildman–Crippen MR) is 80.5 cm³/mol. The van der Waals surface area contributed by atoms with E-state index >= 15 is 0 Å². The lowest BCUT2D eigenvalue weighted by molar-refractivity contribution is 0.356. The maximum Gasteiger partial charge on any atom is 0.266 e. The zero-order valence-electron chi connectivity index (χ0n) is 10.4. The predicted octanol–water partition coefficient (Wildman–Crippen LogP) is 1.64. The average Bonchev–Trinajstić information content (AvgIpc) is 2.41. The highest BCUT2D eigenvalue weighted by Gasteiger charge is 2.17. The molecule has 0 radical (unpaired) electrons. The summed E-state index contributed by atoms with van der Waals surface area (Å²) in [6.07, 6.45) is 0. The number of anilines is 1. The third-order valence-electron chi connectivity index (χ3n) is 2.54. The van der Waals surface area contributed by atoms with Crippen molar-refractivity contribution in [3.05, 3.63) is 32.1 Å². The number of ether oxygens (including phenoxy) is 2. The summed E-state index contributed by atoms with van der Waals surface area (Å²) in [5.41, 5.74) is 6.43. The van der Waals surface area contributed by atoms with Crippen LogP contribution in [0.1, 0.15) is 0 Å². The van der Waals surface area contributed by atoms with Crippen LogP contribution in [0.4, 0.5) is 5.95 Å². The zero-order valence-corrected chi connectivity index (χ0v) is 12.5. The molecular formula is C12H12IN3O3. The number of para-hydroxylation sites is 1. The van der Waals surface area contributed by atoms with E-state index in [9.17, 15) is 4.79 Å². The Labute approximate surface area is 123 Å². The lowest BCUT2D eigenvalue weighted by Crippen LogP contribution is -2.15. The van der Waals surface area contributed by atoms with Crippen molar-refractivity contribution in [3.8, 4) is 22.8 Å². The molecule has 0 fully saturated rings. The Balaban J connectivity index is 2.75. The number of aromatic nitrogens is 2. The summed E-state index contributed by atoms with van der Waals surface area (Å²) in [6.45, 7) is 0. The van der Waals surface area contributed by atoms with Crippen molar-refractivity contribution < 1.29 is 9.47 Å². The third-order valence-corrected chi connectivity index (χ3v) is 3.54. The van der Waals surface area contributed by atoms with Crippen LogP contribution < -0.4 is 20.8 Å². The van der Waals surface area contributed by atoms with Crippen molar-refractivity contribution in [2.24, 2.45) is 0 Å². The molecule has 0 saturated heterocycles. The molecule has 7 heteroatoms. The van der Waals surface area contributed by atoms with Crippen LogP contribution in [0.2, 0.25) is 0 Å². The van der Waals surface area contributed by atoms with Crippen molar-refractivity contribution in [2.75, 3.05) is 20.0 Å². The molecule has 1 heterocycles. The largest absolute Gasteiger partial charge is 0.493 e. The van der Waals surface area contributed by atoms with Crippen molar-refractivity contribution >= 4 is 28.5 Å². The van der Waals surface area contributed by atoms with Crippen molar-refractivity contribution in [3.63, 3.8) is 0 Å². The van der Waals surface area contributed by atoms with Crippen LogP contribution in [-0.2, 0) is 0 Å². The Bertz CT molecular complexity index is 670. The van der Waals surface area contributed by atoms with Gasteiger partial charge in [-0.3, -0.25) is 9.78 Å². The van der Waals surface area contributed by atoms with Crippen LogP contribution in [0.3, 0.4) is 0 Å². The molecule has 0 saturated carbocycles. The normalized spacial score (nSPS) is 10.3. The maximum absolute atomic E-state index is 11.7. The molecule has 100 valence electrons. The monoisotopic (exact) mass is 373 g/mol. The van der Waals surface area contributed by atoms with Gasteiger partial charge in [0.05, 0.1) is 19.9 Å². The van der Waals surface area contributed by atoms with Gasteiger partial charge in [0.1, 0.15) is 3.57 Å². The van der Waals surface area contributed by atoms with Crippen LogP contribution in [0.15, 0.2) is 23.0 Å². The van der Waals surface area contributed by atoms with E-state index in [1.54, 1.807) is 25.3 Å². The first-order valence-corrected chi connectivity index (χ1v) is 6.43. The Hall–Kier alpha value is -1.77. The number of halogens is 1. The maximum atomic E-state index is 11.7. The van der Waals surface area contributed by atoms with E-state index in [2.05, 4.69) is 9.97 Å². The number of aromatic amines is 1. The molecule has 6 nitrogen and oxygen atoms in total. The van der Waals surface area contributed by atoms with Crippen LogP contribution in [0.5, 0.6) is 11.5 Å². The zero-order chi connectivity index (χ0) is 14.0. The number of hydrogen-bond donors (Lipinski definition) is 2. The van der Waals surface area contributed by atoms with E-state index in [-0.39, 0.29) is 11.5 Å². The van der Waals surface area contributed by atoms with Crippen molar-refractivity contribution in [2.45, 2.75) is 0 Å². The van der Waals surface area contributed by atoms with Gasteiger partial charge in [0, 0.05) is 5.56 Å². The summed E-state index contributed by atoms with van der Waals surface area (Å²) in [6, 6.07) is 5.36. The summed E-state index contributed by atoms with van der Waals surface area (Å²) in [5.74, 6) is 1.14. The van der Waals surface area contributed by atoms with Crippen molar-refractivity contribution in [1.82, 2.24) is 9.97 Å². The first-order chi connectivity index (χ1) is 9.08. The number of nitrogen functional groups attached to an aromatic ring is 1. The standard InChI is InChI=1S/C12H12IN3O3/c1-18-7-5-3-4-6(10(7)19-2)9-8(13)11(17)16-12(14)15-9/h3-5H,1-2H3,(H3,14,15,16,17). The highest BCUT2D eigenvalue weighted by molar-refractivity contribution is 14.1. The lowest BCUT2D eigenvalue weighted by Gasteiger charge is -2.13. The Morgan fingerprint density at radius 1 is 1.32 bits per heavy atom. The molecule has 1 aromatic carbocycles. The minimum absolute atomic E-state index is 0.0605. The number of benzene rings is 1. The molecule has 0 aliphatic heterocycles. The third kappa shape index (κ3) is 2.50. The van der Waals surface area contributed by atoms with Gasteiger partial charge in [0.25, 0.3) is 5.56 Å². The van der Waals surface area contributed by atoms with Gasteiger partial charge in [-0.2, -0.15) is 0 Å². The number of nitrogens with zero attached hydrogens (tertiary/aromatic N) is 1. The molecule has 2 rings (SSSR count). The van der Waals surface area contributed by atoms with Gasteiger partial charge in [-0.25, -0.2) is 4.98 Å². The molecule has 0 aliphatic carbocycles. The van der Waals surface area contributed by atoms with Crippen LogP contribution in [0.25, 0.3) is 11.3 Å². The van der Waals surface area contributed by atoms with Gasteiger partial charge in [-0.15, -0.1) is 0 Å². The highest BCUT2D eigenvalue weighted by Crippen LogP contribution is 2.37. The fraction of sp³-hybridized carbons (Fsp3) is 0.167. The lowest BCUT2D eigenvalue weighted by atomic mass is 10.1. The van der Waals surface area contributed by atoms with E-state index in [0.29, 0.717) is 26.3 Å². The van der Waals surface area contributed by atoms with E-state index in [0.717, 1.165) is 0 Å². The summed E-state index contributed by atoms with van der Waals surface area (Å²) in [7, 11) is 3.08. The Morgan fingerprint density at radius 3 is 2.68 bits per heavy atom. The smallest absolute Gasteiger partial charge is 0.266 e. The molecule has 0 aliphatic rings. The molecule has 0 spiro atoms. The minimum atomic E-state index is -0.284. The first-order valence-electron chi connectivity index (χ1n) is 5.35. The highest BCUT2D eigenvalue weighted by atomic mass is 127. The van der Waals surface area contributed by atoms with Gasteiger partial charge in [-0.05, 0) is 34.7 Å². The van der Waals surface area contributed by atoms with Gasteiger partial charge >= 0.3 is 0 Å². The van der Waals surface area contributed by atoms with Crippen LogP contribution in [-0.4, -0.2) is 24.2 Å². The van der Waals surface area contributed by atoms with Crippen LogP contribution >= 0.6 is 22.6 Å². The molecule has 0 unspecified atom stereocenters. The fourth-order valence-corrected chi connectivity index (χ4v) is 2.27. The molecule has 19 heavy (non-hydrogen) atoms. The molecule has 0 amide bonds. The summed E-state index contributed by atoms with van der Waals surface area (Å²) in [5, 5.41) is 0. The van der Waals surface area contributed by atoms with Gasteiger partial charge in [-0.1, -0.05) is 6.07 Å². The number of hydrogen-bond acceptors (Lipinski definition) is 5. The Kier molecular flexibility index (Phi) is 3.93. The van der Waals surface area contributed by atoms with E-state index in [1.165, 1.54) is 7.11 Å². The summed E-state index contributed by atoms with van der Waals surface area (Å²) in [4.78, 5) is 18.3. The topological polar surface area (TPSA) is 90.2 Å². The quantitative estimate of drug-likeness (QED) is 0.799. The second kappa shape index (κ2) is 5.47. The summed E-state index contributed by atoms with van der Waals surface area (Å²) >= 11 is 1.92. The van der Waals surface area contributed by atoms with Gasteiger partial charge in [0.15, 0.2) is 11.5 Å². The second-order valence-electron chi connectivity index (χ2n) is 3.65. The molecule has 0 bridgehead atoms. The number of nitrogens with one attached hydrogen (secondary N) is 1. The fourth-order valence-electron chi connectivity index (χ4n) is 1.73. The second-order valence-corrected chi connectivity index (χ2v) is 4.73. The Morgan fingerprint density at radius 2 is 2.05 bits per heavy atom. The average molecular weight is 373 g/mol. The van der Waals surface area contributed by atoms with Gasteiger partial charge in [0.2, 0.25) is 5.95 Å². The van der Waals surface area contributed by atoms with E-state index < -0.39 is 0 Å². The molecule has 1 aromatic heterocycles. The van der Waals surface area contributed by atoms with Gasteiger partial charge < -0.3 is 15.2 Å². The van der Waals surface area contributed by atoms with E-state index in [1.807, 2.05) is 22.6 Å². The van der Waals surface area contributed by atoms with Crippen LogP contribution in [0, 0.1) is 3.57 Å². The summed E-state index contributed by atoms with van der Waals surface area (Å²) < 4.78 is 11.0. The molecular weight excluding hydrogens is 361 g/mol. The number of H-pyrrole nitrogens is 1. The molecule has 3 N–H and O–H groups in total. The first kappa shape index (κ1) is 13.7. The molecule has 2 aromatic rings.